The van der Waals surface area contributed by atoms with Crippen molar-refractivity contribution in [1.29, 1.82) is 0 Å². The van der Waals surface area contributed by atoms with Crippen LogP contribution in [-0.4, -0.2) is 37.2 Å². The molecule has 0 amide bonds. The van der Waals surface area contributed by atoms with E-state index in [2.05, 4.69) is 17.6 Å². The van der Waals surface area contributed by atoms with Crippen LogP contribution >= 0.6 is 0 Å². The molecular weight excluding hydrogens is 336 g/mol. The predicted octanol–water partition coefficient (Wildman–Crippen LogP) is 4.81. The maximum atomic E-state index is 11.2. The number of Topliss-reactive ketones (excluding diaryl/α,β-unsaturated/α-hetero) is 2. The van der Waals surface area contributed by atoms with E-state index >= 15 is 0 Å². The van der Waals surface area contributed by atoms with Gasteiger partial charge in [0, 0.05) is 11.6 Å². The number of carbonyl (C=O) groups is 2. The first kappa shape index (κ1) is 27.7. The van der Waals surface area contributed by atoms with Gasteiger partial charge in [-0.25, -0.2) is 0 Å². The van der Waals surface area contributed by atoms with Crippen molar-refractivity contribution >= 4 is 11.6 Å². The molecule has 0 aliphatic rings. The summed E-state index contributed by atoms with van der Waals surface area (Å²) in [5.74, 6) is 0.303. The van der Waals surface area contributed by atoms with Crippen LogP contribution in [0, 0.1) is 0 Å². The Hall–Kier alpha value is -1.52. The average molecular weight is 379 g/mol. The Balaban J connectivity index is 0. The van der Waals surface area contributed by atoms with Crippen LogP contribution in [0.3, 0.4) is 0 Å². The number of hydrogen-bond donors (Lipinski definition) is 2. The minimum absolute atomic E-state index is 0.116. The van der Waals surface area contributed by atoms with Gasteiger partial charge in [0.15, 0.2) is 5.78 Å². The third-order valence-corrected chi connectivity index (χ3v) is 3.86. The van der Waals surface area contributed by atoms with Crippen molar-refractivity contribution in [3.05, 3.63) is 35.4 Å². The molecule has 0 aliphatic heterocycles. The van der Waals surface area contributed by atoms with Gasteiger partial charge >= 0.3 is 0 Å². The van der Waals surface area contributed by atoms with E-state index in [1.807, 2.05) is 52.0 Å². The Morgan fingerprint density at radius 3 is 2.04 bits per heavy atom. The number of benzene rings is 1. The van der Waals surface area contributed by atoms with Gasteiger partial charge in [-0.1, -0.05) is 52.0 Å². The van der Waals surface area contributed by atoms with Gasteiger partial charge in [-0.3, -0.25) is 9.59 Å². The molecular formula is C23H42N2O2. The number of nitrogens with one attached hydrogen (secondary N) is 2. The molecule has 0 saturated heterocycles. The second-order valence-electron chi connectivity index (χ2n) is 6.23. The molecule has 0 saturated carbocycles. The molecule has 0 radical (unpaired) electrons. The van der Waals surface area contributed by atoms with Gasteiger partial charge in [0.05, 0.1) is 6.54 Å². The molecule has 156 valence electrons. The molecule has 4 nitrogen and oxygen atoms in total. The van der Waals surface area contributed by atoms with Crippen LogP contribution in [-0.2, 0) is 11.2 Å². The Kier molecular flexibility index (Phi) is 19.7. The van der Waals surface area contributed by atoms with E-state index in [9.17, 15) is 9.59 Å². The monoisotopic (exact) mass is 378 g/mol. The lowest BCUT2D eigenvalue weighted by Gasteiger charge is -2.13. The fraction of sp³-hybridized carbons (Fsp3) is 0.652. The zero-order valence-electron chi connectivity index (χ0n) is 18.7. The third kappa shape index (κ3) is 16.4. The number of hydrogen-bond acceptors (Lipinski definition) is 4. The van der Waals surface area contributed by atoms with E-state index in [1.165, 1.54) is 5.56 Å². The highest BCUT2D eigenvalue weighted by molar-refractivity contribution is 5.93. The fourth-order valence-corrected chi connectivity index (χ4v) is 2.45. The first-order chi connectivity index (χ1) is 13.0. The molecule has 0 aromatic heterocycles. The smallest absolute Gasteiger partial charge is 0.159 e. The van der Waals surface area contributed by atoms with Crippen molar-refractivity contribution in [2.75, 3.05) is 19.6 Å². The summed E-state index contributed by atoms with van der Waals surface area (Å²) >= 11 is 0. The summed E-state index contributed by atoms with van der Waals surface area (Å²) in [6, 6.07) is 8.39. The second-order valence-corrected chi connectivity index (χ2v) is 6.23. The highest BCUT2D eigenvalue weighted by Crippen LogP contribution is 2.07. The molecule has 0 heterocycles. The summed E-state index contributed by atoms with van der Waals surface area (Å²) in [5, 5.41) is 6.67. The Bertz CT molecular complexity index is 484. The SMILES string of the molecule is CC.CC.CC(=O)CNCCCC(C)NCCCc1ccc(C(C)=O)cc1. The highest BCUT2D eigenvalue weighted by atomic mass is 16.1. The molecule has 1 rings (SSSR count). The quantitative estimate of drug-likeness (QED) is 0.405. The lowest BCUT2D eigenvalue weighted by molar-refractivity contribution is -0.116. The van der Waals surface area contributed by atoms with Crippen LogP contribution in [0.25, 0.3) is 0 Å². The van der Waals surface area contributed by atoms with Gasteiger partial charge in [-0.2, -0.15) is 0 Å². The molecule has 0 bridgehead atoms. The van der Waals surface area contributed by atoms with E-state index in [4.69, 9.17) is 0 Å². The molecule has 1 atom stereocenters. The molecule has 4 heteroatoms. The maximum Gasteiger partial charge on any atom is 0.159 e. The minimum Gasteiger partial charge on any atom is -0.314 e. The molecule has 1 aromatic rings. The van der Waals surface area contributed by atoms with Crippen molar-refractivity contribution in [3.8, 4) is 0 Å². The molecule has 0 fully saturated rings. The molecule has 0 aliphatic carbocycles. The van der Waals surface area contributed by atoms with Crippen molar-refractivity contribution in [2.45, 2.75) is 80.2 Å². The summed E-state index contributed by atoms with van der Waals surface area (Å²) in [6.07, 6.45) is 4.30. The average Bonchev–Trinajstić information content (AvgIpc) is 2.68. The van der Waals surface area contributed by atoms with E-state index in [0.29, 0.717) is 12.6 Å². The second kappa shape index (κ2) is 19.2. The predicted molar refractivity (Wildman–Crippen MR) is 118 cm³/mol. The lowest BCUT2D eigenvalue weighted by atomic mass is 10.1. The Morgan fingerprint density at radius 1 is 0.926 bits per heavy atom. The van der Waals surface area contributed by atoms with Crippen LogP contribution in [0.2, 0.25) is 0 Å². The first-order valence-corrected chi connectivity index (χ1v) is 10.5. The van der Waals surface area contributed by atoms with E-state index in [1.54, 1.807) is 13.8 Å². The van der Waals surface area contributed by atoms with Crippen LogP contribution in [0.15, 0.2) is 24.3 Å². The number of rotatable bonds is 12. The summed E-state index contributed by atoms with van der Waals surface area (Å²) in [5.41, 5.74) is 2.05. The van der Waals surface area contributed by atoms with Gasteiger partial charge in [0.2, 0.25) is 0 Å². The number of aryl methyl sites for hydroxylation is 1. The summed E-state index contributed by atoms with van der Waals surface area (Å²) in [7, 11) is 0. The van der Waals surface area contributed by atoms with Gasteiger partial charge in [0.1, 0.15) is 5.78 Å². The van der Waals surface area contributed by atoms with E-state index in [0.717, 1.165) is 44.3 Å². The largest absolute Gasteiger partial charge is 0.314 e. The van der Waals surface area contributed by atoms with E-state index < -0.39 is 0 Å². The van der Waals surface area contributed by atoms with Gasteiger partial charge in [-0.15, -0.1) is 0 Å². The van der Waals surface area contributed by atoms with Crippen LogP contribution in [0.1, 0.15) is 83.7 Å². The Labute approximate surface area is 167 Å². The fourth-order valence-electron chi connectivity index (χ4n) is 2.45. The third-order valence-electron chi connectivity index (χ3n) is 3.86. The molecule has 2 N–H and O–H groups in total. The summed E-state index contributed by atoms with van der Waals surface area (Å²) in [4.78, 5) is 22.0. The number of ketones is 2. The van der Waals surface area contributed by atoms with Crippen LogP contribution < -0.4 is 10.6 Å². The molecule has 1 unspecified atom stereocenters. The zero-order valence-corrected chi connectivity index (χ0v) is 18.7. The van der Waals surface area contributed by atoms with Gasteiger partial charge in [-0.05, 0) is 65.1 Å². The highest BCUT2D eigenvalue weighted by Gasteiger charge is 2.02. The van der Waals surface area contributed by atoms with Crippen molar-refractivity contribution < 1.29 is 9.59 Å². The van der Waals surface area contributed by atoms with Crippen molar-refractivity contribution in [3.63, 3.8) is 0 Å². The molecule has 1 aromatic carbocycles. The zero-order chi connectivity index (χ0) is 21.1. The van der Waals surface area contributed by atoms with Gasteiger partial charge in [0.25, 0.3) is 0 Å². The van der Waals surface area contributed by atoms with Gasteiger partial charge < -0.3 is 10.6 Å². The first-order valence-electron chi connectivity index (χ1n) is 10.5. The Morgan fingerprint density at radius 2 is 1.52 bits per heavy atom. The summed E-state index contributed by atoms with van der Waals surface area (Å²) < 4.78 is 0. The van der Waals surface area contributed by atoms with E-state index in [-0.39, 0.29) is 11.6 Å². The number of carbonyl (C=O) groups excluding carboxylic acids is 2. The molecule has 27 heavy (non-hydrogen) atoms. The standard InChI is InChI=1S/C19H30N2O2.2C2H6/c1-15(6-4-12-20-14-16(2)22)21-13-5-7-18-8-10-19(11-9-18)17(3)23;2*1-2/h8-11,15,20-21H,4-7,12-14H2,1-3H3;2*1-2H3. The topological polar surface area (TPSA) is 58.2 Å². The van der Waals surface area contributed by atoms with Crippen molar-refractivity contribution in [2.24, 2.45) is 0 Å². The van der Waals surface area contributed by atoms with Crippen molar-refractivity contribution in [1.82, 2.24) is 10.6 Å². The maximum absolute atomic E-state index is 11.2. The normalized spacial score (nSPS) is 10.8. The lowest BCUT2D eigenvalue weighted by Crippen LogP contribution is -2.29. The molecule has 0 spiro atoms. The van der Waals surface area contributed by atoms with Crippen LogP contribution in [0.4, 0.5) is 0 Å². The minimum atomic E-state index is 0.116. The van der Waals surface area contributed by atoms with Crippen LogP contribution in [0.5, 0.6) is 0 Å². The summed E-state index contributed by atoms with van der Waals surface area (Å²) in [6.45, 7) is 15.8.